The SMILES string of the molecule is C=C1C[C@H](CCC2OCCO2)O[C@H]1CC[C@H]1CC(C)C(=C)[C@@H](C[C@@H]2O[C@H](C[C@@H](CO[Si](C)(C)C(C)(C)C)O[Si](C)(C)C(C)(C)C)C[C@H]2CS(=O)(=O)c2ccc(C)cc2)O1. The van der Waals surface area contributed by atoms with Crippen LogP contribution in [0.3, 0.4) is 0 Å². The molecule has 0 aromatic heterocycles. The summed E-state index contributed by atoms with van der Waals surface area (Å²) in [6.45, 7) is 37.7. The molecule has 59 heavy (non-hydrogen) atoms. The van der Waals surface area contributed by atoms with Gasteiger partial charge < -0.3 is 32.5 Å². The summed E-state index contributed by atoms with van der Waals surface area (Å²) in [4.78, 5) is 0.359. The summed E-state index contributed by atoms with van der Waals surface area (Å²) in [6, 6.07) is 7.21. The van der Waals surface area contributed by atoms with Crippen LogP contribution in [0.25, 0.3) is 0 Å². The van der Waals surface area contributed by atoms with Crippen molar-refractivity contribution >= 4 is 26.5 Å². The molecule has 4 saturated heterocycles. The predicted octanol–water partition coefficient (Wildman–Crippen LogP) is 10.7. The van der Waals surface area contributed by atoms with Crippen LogP contribution in [0.2, 0.25) is 36.3 Å². The van der Waals surface area contributed by atoms with E-state index >= 15 is 0 Å². The Kier molecular flexibility index (Phi) is 16.3. The van der Waals surface area contributed by atoms with Crippen molar-refractivity contribution in [2.45, 2.75) is 203 Å². The molecule has 1 aromatic carbocycles. The summed E-state index contributed by atoms with van der Waals surface area (Å²) in [6.07, 6.45) is 6.27. The van der Waals surface area contributed by atoms with Crippen LogP contribution in [0.15, 0.2) is 53.5 Å². The Hall–Kier alpha value is -1.20. The number of ether oxygens (including phenoxy) is 5. The standard InChI is InChI=1S/C47H80O9SSi2/c1-32-15-19-41(20-16-32)57(48,49)31-36-27-39(28-40(56-59(13,14)47(8,9)10)30-52-58(11,12)46(5,6)7)55-44(36)29-43-35(4)33(2)25-37(54-43)17-21-42-34(3)26-38(53-42)18-22-45-50-23-24-51-45/h15-16,19-20,33,36-40,42-45H,3-4,17-18,21-31H2,1-2,5-14H3/t33?,36-,37-,38-,39-,40-,42-,43+,44-/m0/s1. The molecule has 0 spiro atoms. The monoisotopic (exact) mass is 877 g/mol. The molecular formula is C47H80O9SSi2. The van der Waals surface area contributed by atoms with Crippen LogP contribution < -0.4 is 0 Å². The quantitative estimate of drug-likeness (QED) is 0.105. The minimum Gasteiger partial charge on any atom is -0.414 e. The molecule has 1 aromatic rings. The predicted molar refractivity (Wildman–Crippen MR) is 243 cm³/mol. The van der Waals surface area contributed by atoms with Crippen molar-refractivity contribution in [1.29, 1.82) is 0 Å². The first-order valence-corrected chi connectivity index (χ1v) is 30.0. The van der Waals surface area contributed by atoms with Gasteiger partial charge in [-0.1, -0.05) is 79.3 Å². The molecule has 12 heteroatoms. The van der Waals surface area contributed by atoms with Gasteiger partial charge in [-0.2, -0.15) is 0 Å². The molecular weight excluding hydrogens is 797 g/mol. The van der Waals surface area contributed by atoms with E-state index < -0.39 is 26.5 Å². The number of sulfone groups is 1. The van der Waals surface area contributed by atoms with Crippen molar-refractivity contribution in [1.82, 2.24) is 0 Å². The van der Waals surface area contributed by atoms with E-state index in [0.29, 0.717) is 44.0 Å². The molecule has 0 radical (unpaired) electrons. The molecule has 1 unspecified atom stereocenters. The highest BCUT2D eigenvalue weighted by atomic mass is 32.2. The van der Waals surface area contributed by atoms with Crippen molar-refractivity contribution in [3.05, 3.63) is 54.1 Å². The normalized spacial score (nSPS) is 29.8. The molecule has 0 saturated carbocycles. The van der Waals surface area contributed by atoms with Crippen LogP contribution in [0.5, 0.6) is 0 Å². The number of benzene rings is 1. The largest absolute Gasteiger partial charge is 0.414 e. The zero-order valence-corrected chi connectivity index (χ0v) is 41.6. The Morgan fingerprint density at radius 1 is 0.797 bits per heavy atom. The van der Waals surface area contributed by atoms with Gasteiger partial charge in [-0.25, -0.2) is 8.42 Å². The summed E-state index contributed by atoms with van der Waals surface area (Å²) in [5.74, 6) is 0.0816. The van der Waals surface area contributed by atoms with Crippen LogP contribution in [0.1, 0.15) is 112 Å². The molecule has 0 amide bonds. The first-order valence-electron chi connectivity index (χ1n) is 22.5. The fourth-order valence-corrected chi connectivity index (χ4v) is 12.5. The van der Waals surface area contributed by atoms with Gasteiger partial charge in [-0.3, -0.25) is 0 Å². The second-order valence-corrected chi connectivity index (χ2v) is 32.9. The third kappa shape index (κ3) is 13.2. The highest BCUT2D eigenvalue weighted by molar-refractivity contribution is 7.91. The fourth-order valence-electron chi connectivity index (χ4n) is 8.47. The molecule has 4 heterocycles. The Bertz CT molecular complexity index is 1660. The molecule has 0 N–H and O–H groups in total. The maximum atomic E-state index is 14.0. The average Bonchev–Trinajstić information content (AvgIpc) is 3.87. The van der Waals surface area contributed by atoms with E-state index in [9.17, 15) is 8.42 Å². The van der Waals surface area contributed by atoms with E-state index in [4.69, 9.17) is 32.5 Å². The Labute approximate surface area is 360 Å². The first kappa shape index (κ1) is 48.8. The molecule has 336 valence electrons. The van der Waals surface area contributed by atoms with Gasteiger partial charge in [-0.05, 0) is 111 Å². The summed E-state index contributed by atoms with van der Waals surface area (Å²) in [5.41, 5.74) is 3.25. The van der Waals surface area contributed by atoms with E-state index in [1.165, 1.54) is 0 Å². The van der Waals surface area contributed by atoms with Gasteiger partial charge in [0.25, 0.3) is 0 Å². The van der Waals surface area contributed by atoms with Gasteiger partial charge >= 0.3 is 0 Å². The minimum absolute atomic E-state index is 0.0188. The lowest BCUT2D eigenvalue weighted by Crippen LogP contribution is -2.48. The topological polar surface area (TPSA) is 98.8 Å². The molecule has 9 atom stereocenters. The van der Waals surface area contributed by atoms with Gasteiger partial charge in [0.05, 0.1) is 73.2 Å². The Morgan fingerprint density at radius 2 is 1.41 bits per heavy atom. The molecule has 4 aliphatic heterocycles. The molecule has 0 aliphatic carbocycles. The van der Waals surface area contributed by atoms with E-state index in [0.717, 1.165) is 55.2 Å². The lowest BCUT2D eigenvalue weighted by atomic mass is 9.83. The zero-order chi connectivity index (χ0) is 43.6. The van der Waals surface area contributed by atoms with Crippen LogP contribution in [0, 0.1) is 18.8 Å². The third-order valence-corrected chi connectivity index (χ3v) is 25.3. The molecule has 4 fully saturated rings. The minimum atomic E-state index is -3.58. The summed E-state index contributed by atoms with van der Waals surface area (Å²) in [5, 5.41) is 0.0909. The van der Waals surface area contributed by atoms with E-state index in [2.05, 4.69) is 87.8 Å². The third-order valence-electron chi connectivity index (χ3n) is 14.4. The Balaban J connectivity index is 1.29. The van der Waals surface area contributed by atoms with E-state index in [-0.39, 0.29) is 76.7 Å². The van der Waals surface area contributed by atoms with Gasteiger partial charge in [0.2, 0.25) is 0 Å². The molecule has 0 bridgehead atoms. The Morgan fingerprint density at radius 3 is 2.03 bits per heavy atom. The van der Waals surface area contributed by atoms with Crippen molar-refractivity contribution in [3.63, 3.8) is 0 Å². The lowest BCUT2D eigenvalue weighted by molar-refractivity contribution is -0.0766. The zero-order valence-electron chi connectivity index (χ0n) is 38.8. The number of rotatable bonds is 18. The number of aryl methyl sites for hydroxylation is 1. The van der Waals surface area contributed by atoms with Crippen LogP contribution in [0.4, 0.5) is 0 Å². The summed E-state index contributed by atoms with van der Waals surface area (Å²) in [7, 11) is -7.81. The fraction of sp³-hybridized carbons (Fsp3) is 0.787. The highest BCUT2D eigenvalue weighted by Gasteiger charge is 2.46. The maximum absolute atomic E-state index is 14.0. The van der Waals surface area contributed by atoms with Gasteiger partial charge in [0, 0.05) is 25.2 Å². The van der Waals surface area contributed by atoms with Crippen LogP contribution in [-0.2, 0) is 42.4 Å². The van der Waals surface area contributed by atoms with E-state index in [1.807, 2.05) is 19.1 Å². The van der Waals surface area contributed by atoms with Crippen LogP contribution in [-0.4, -0.2) is 99.6 Å². The summed E-state index contributed by atoms with van der Waals surface area (Å²) < 4.78 is 73.7. The average molecular weight is 877 g/mol. The number of hydrogen-bond donors (Lipinski definition) is 0. The van der Waals surface area contributed by atoms with Gasteiger partial charge in [0.1, 0.15) is 0 Å². The molecule has 9 nitrogen and oxygen atoms in total. The van der Waals surface area contributed by atoms with Gasteiger partial charge in [-0.15, -0.1) is 0 Å². The van der Waals surface area contributed by atoms with Crippen molar-refractivity contribution in [3.8, 4) is 0 Å². The van der Waals surface area contributed by atoms with Gasteiger partial charge in [0.15, 0.2) is 32.8 Å². The summed E-state index contributed by atoms with van der Waals surface area (Å²) >= 11 is 0. The van der Waals surface area contributed by atoms with Crippen molar-refractivity contribution < 1.29 is 41.0 Å². The first-order chi connectivity index (χ1) is 27.3. The van der Waals surface area contributed by atoms with Crippen LogP contribution >= 0.6 is 0 Å². The molecule has 5 rings (SSSR count). The lowest BCUT2D eigenvalue weighted by Gasteiger charge is -2.42. The second kappa shape index (κ2) is 19.7. The maximum Gasteiger partial charge on any atom is 0.192 e. The van der Waals surface area contributed by atoms with Crippen molar-refractivity contribution in [2.24, 2.45) is 11.8 Å². The van der Waals surface area contributed by atoms with Crippen molar-refractivity contribution in [2.75, 3.05) is 25.6 Å². The highest BCUT2D eigenvalue weighted by Crippen LogP contribution is 2.43. The molecule has 4 aliphatic rings. The smallest absolute Gasteiger partial charge is 0.192 e. The second-order valence-electron chi connectivity index (χ2n) is 21.3. The number of hydrogen-bond acceptors (Lipinski definition) is 9. The van der Waals surface area contributed by atoms with E-state index in [1.54, 1.807) is 12.1 Å².